The number of para-hydroxylation sites is 1. The molecule has 0 aliphatic carbocycles. The van der Waals surface area contributed by atoms with Crippen LogP contribution in [0.3, 0.4) is 0 Å². The van der Waals surface area contributed by atoms with Crippen molar-refractivity contribution in [2.24, 2.45) is 5.10 Å². The molecule has 6 heteroatoms. The van der Waals surface area contributed by atoms with Crippen LogP contribution in [-0.4, -0.2) is 21.6 Å². The third-order valence-electron chi connectivity index (χ3n) is 3.88. The van der Waals surface area contributed by atoms with Crippen LogP contribution in [-0.2, 0) is 11.2 Å². The van der Waals surface area contributed by atoms with Gasteiger partial charge in [-0.15, -0.1) is 11.3 Å². The van der Waals surface area contributed by atoms with Gasteiger partial charge in [0.25, 0.3) is 0 Å². The Bertz CT molecular complexity index is 868. The molecule has 120 valence electrons. The maximum absolute atomic E-state index is 12.2. The van der Waals surface area contributed by atoms with E-state index in [1.54, 1.807) is 17.5 Å². The van der Waals surface area contributed by atoms with E-state index in [2.05, 4.69) is 27.2 Å². The van der Waals surface area contributed by atoms with Gasteiger partial charge in [0.05, 0.1) is 16.3 Å². The zero-order valence-corrected chi connectivity index (χ0v) is 13.8. The lowest BCUT2D eigenvalue weighted by Gasteiger charge is -2.23. The van der Waals surface area contributed by atoms with Crippen LogP contribution in [0.5, 0.6) is 0 Å². The molecule has 1 aliphatic rings. The second-order valence-electron chi connectivity index (χ2n) is 5.57. The number of imidazole rings is 1. The fourth-order valence-corrected chi connectivity index (χ4v) is 3.71. The van der Waals surface area contributed by atoms with Crippen LogP contribution < -0.4 is 5.01 Å². The molecule has 0 saturated carbocycles. The lowest BCUT2D eigenvalue weighted by Crippen LogP contribution is -2.31. The predicted molar refractivity (Wildman–Crippen MR) is 95.4 cm³/mol. The van der Waals surface area contributed by atoms with E-state index in [4.69, 9.17) is 0 Å². The van der Waals surface area contributed by atoms with E-state index in [0.29, 0.717) is 12.8 Å². The summed E-state index contributed by atoms with van der Waals surface area (Å²) in [6.45, 7) is 0. The number of carbonyl (C=O) groups excluding carboxylic acids is 1. The fourth-order valence-electron chi connectivity index (χ4n) is 2.69. The molecule has 3 heterocycles. The Morgan fingerprint density at radius 2 is 2.00 bits per heavy atom. The molecule has 1 amide bonds. The van der Waals surface area contributed by atoms with Crippen LogP contribution in [0.25, 0.3) is 0 Å². The molecule has 1 aliphatic heterocycles. The Hall–Kier alpha value is -2.73. The van der Waals surface area contributed by atoms with E-state index >= 15 is 0 Å². The largest absolute Gasteiger partial charge is 0.348 e. The van der Waals surface area contributed by atoms with Gasteiger partial charge in [-0.25, -0.2) is 9.99 Å². The average Bonchev–Trinajstić information content (AvgIpc) is 3.29. The lowest BCUT2D eigenvalue weighted by molar-refractivity contribution is -0.118. The van der Waals surface area contributed by atoms with Gasteiger partial charge in [-0.05, 0) is 24.3 Å². The highest BCUT2D eigenvalue weighted by Gasteiger charge is 2.23. The summed E-state index contributed by atoms with van der Waals surface area (Å²) in [4.78, 5) is 21.9. The van der Waals surface area contributed by atoms with Crippen LogP contribution in [0.4, 0.5) is 5.69 Å². The molecule has 0 saturated heterocycles. The maximum Gasteiger partial charge on any atom is 0.247 e. The van der Waals surface area contributed by atoms with Gasteiger partial charge in [0.1, 0.15) is 5.82 Å². The first-order valence-corrected chi connectivity index (χ1v) is 8.64. The number of hydrogen-bond acceptors (Lipinski definition) is 4. The van der Waals surface area contributed by atoms with E-state index in [9.17, 15) is 4.79 Å². The molecule has 0 spiro atoms. The number of nitrogens with zero attached hydrogens (tertiary/aromatic N) is 3. The SMILES string of the molecule is O=C1CCC(c2ccc(Cc3ncc[nH]3)s2)=NN1c1ccccc1. The number of nitrogens with one attached hydrogen (secondary N) is 1. The van der Waals surface area contributed by atoms with Crippen LogP contribution in [0.15, 0.2) is 60.0 Å². The lowest BCUT2D eigenvalue weighted by atomic mass is 10.1. The number of hydrogen-bond donors (Lipinski definition) is 1. The van der Waals surface area contributed by atoms with Gasteiger partial charge in [-0.1, -0.05) is 18.2 Å². The highest BCUT2D eigenvalue weighted by Crippen LogP contribution is 2.26. The van der Waals surface area contributed by atoms with Gasteiger partial charge in [-0.2, -0.15) is 5.10 Å². The minimum atomic E-state index is 0.0392. The van der Waals surface area contributed by atoms with E-state index < -0.39 is 0 Å². The number of aromatic nitrogens is 2. The summed E-state index contributed by atoms with van der Waals surface area (Å²) < 4.78 is 0. The number of anilines is 1. The smallest absolute Gasteiger partial charge is 0.247 e. The van der Waals surface area contributed by atoms with Crippen molar-refractivity contribution in [2.75, 3.05) is 5.01 Å². The number of H-pyrrole nitrogens is 1. The third kappa shape index (κ3) is 3.00. The Kier molecular flexibility index (Phi) is 3.96. The molecule has 24 heavy (non-hydrogen) atoms. The molecule has 2 aromatic heterocycles. The summed E-state index contributed by atoms with van der Waals surface area (Å²) in [5.74, 6) is 0.993. The van der Waals surface area contributed by atoms with Gasteiger partial charge in [0, 0.05) is 36.5 Å². The second kappa shape index (κ2) is 6.41. The van der Waals surface area contributed by atoms with Gasteiger partial charge in [-0.3, -0.25) is 4.79 Å². The quantitative estimate of drug-likeness (QED) is 0.791. The van der Waals surface area contributed by atoms with E-state index in [-0.39, 0.29) is 5.91 Å². The van der Waals surface area contributed by atoms with Crippen molar-refractivity contribution in [1.29, 1.82) is 0 Å². The molecular weight excluding hydrogens is 320 g/mol. The van der Waals surface area contributed by atoms with E-state index in [1.165, 1.54) is 9.89 Å². The zero-order valence-electron chi connectivity index (χ0n) is 13.0. The van der Waals surface area contributed by atoms with Gasteiger partial charge >= 0.3 is 0 Å². The van der Waals surface area contributed by atoms with Gasteiger partial charge in [0.2, 0.25) is 5.91 Å². The van der Waals surface area contributed by atoms with Crippen LogP contribution in [0.2, 0.25) is 0 Å². The number of aromatic amines is 1. The standard InChI is InChI=1S/C18H16N4OS/c23-18-9-7-15(21-22(18)13-4-2-1-3-5-13)16-8-6-14(24-16)12-17-19-10-11-20-17/h1-6,8,10-11H,7,9,12H2,(H,19,20). The van der Waals surface area contributed by atoms with Crippen molar-refractivity contribution in [3.05, 3.63) is 70.4 Å². The number of hydrazone groups is 1. The molecule has 1 aromatic carbocycles. The first-order valence-electron chi connectivity index (χ1n) is 7.82. The Morgan fingerprint density at radius 1 is 1.12 bits per heavy atom. The molecule has 5 nitrogen and oxygen atoms in total. The normalized spacial score (nSPS) is 14.8. The molecule has 3 aromatic rings. The van der Waals surface area contributed by atoms with Crippen molar-refractivity contribution in [3.63, 3.8) is 0 Å². The molecule has 0 radical (unpaired) electrons. The zero-order chi connectivity index (χ0) is 16.4. The van der Waals surface area contributed by atoms with Crippen molar-refractivity contribution < 1.29 is 4.79 Å². The number of rotatable bonds is 4. The minimum Gasteiger partial charge on any atom is -0.348 e. The van der Waals surface area contributed by atoms with Crippen molar-refractivity contribution in [1.82, 2.24) is 9.97 Å². The first-order chi connectivity index (χ1) is 11.8. The number of amides is 1. The first kappa shape index (κ1) is 14.8. The number of thiophene rings is 1. The summed E-state index contributed by atoms with van der Waals surface area (Å²) >= 11 is 1.71. The summed E-state index contributed by atoms with van der Waals surface area (Å²) in [5.41, 5.74) is 1.78. The highest BCUT2D eigenvalue weighted by atomic mass is 32.1. The highest BCUT2D eigenvalue weighted by molar-refractivity contribution is 7.14. The Morgan fingerprint density at radius 3 is 2.79 bits per heavy atom. The average molecular weight is 336 g/mol. The molecule has 0 unspecified atom stereocenters. The summed E-state index contributed by atoms with van der Waals surface area (Å²) in [6.07, 6.45) is 5.55. The van der Waals surface area contributed by atoms with Crippen molar-refractivity contribution in [3.8, 4) is 0 Å². The number of carbonyl (C=O) groups is 1. The molecule has 0 fully saturated rings. The van der Waals surface area contributed by atoms with Gasteiger partial charge in [0.15, 0.2) is 0 Å². The van der Waals surface area contributed by atoms with Crippen molar-refractivity contribution in [2.45, 2.75) is 19.3 Å². The topological polar surface area (TPSA) is 61.4 Å². The number of benzene rings is 1. The molecule has 1 N–H and O–H groups in total. The van der Waals surface area contributed by atoms with Crippen molar-refractivity contribution >= 4 is 28.6 Å². The maximum atomic E-state index is 12.2. The molecule has 4 rings (SSSR count). The fraction of sp³-hybridized carbons (Fsp3) is 0.167. The molecular formula is C18H16N4OS. The van der Waals surface area contributed by atoms with Crippen LogP contribution >= 0.6 is 11.3 Å². The second-order valence-corrected chi connectivity index (χ2v) is 6.73. The Labute approximate surface area is 143 Å². The predicted octanol–water partition coefficient (Wildman–Crippen LogP) is 3.59. The molecule has 0 bridgehead atoms. The minimum absolute atomic E-state index is 0.0392. The van der Waals surface area contributed by atoms with E-state index in [0.717, 1.165) is 28.5 Å². The van der Waals surface area contributed by atoms with Crippen LogP contribution in [0.1, 0.15) is 28.4 Å². The van der Waals surface area contributed by atoms with E-state index in [1.807, 2.05) is 36.5 Å². The van der Waals surface area contributed by atoms with Gasteiger partial charge < -0.3 is 4.98 Å². The molecule has 0 atom stereocenters. The third-order valence-corrected chi connectivity index (χ3v) is 5.01. The summed E-state index contributed by atoms with van der Waals surface area (Å²) in [5, 5.41) is 6.12. The van der Waals surface area contributed by atoms with Crippen LogP contribution in [0, 0.1) is 0 Å². The monoisotopic (exact) mass is 336 g/mol. The summed E-state index contributed by atoms with van der Waals surface area (Å²) in [6, 6.07) is 13.8. The Balaban J connectivity index is 1.59. The summed E-state index contributed by atoms with van der Waals surface area (Å²) in [7, 11) is 0.